The number of carbonyl (C=O) groups excluding carboxylic acids is 3. The van der Waals surface area contributed by atoms with Crippen LogP contribution in [0.4, 0.5) is 0 Å². The summed E-state index contributed by atoms with van der Waals surface area (Å²) in [6.07, 6.45) is 13.9. The number of aliphatic hydroxyl groups excluding tert-OH is 2. The molecule has 1 amide bonds. The highest BCUT2D eigenvalue weighted by Crippen LogP contribution is 2.66. The molecule has 344 valence electrons. The van der Waals surface area contributed by atoms with E-state index >= 15 is 4.79 Å². The van der Waals surface area contributed by atoms with E-state index in [1.54, 1.807) is 6.07 Å². The van der Waals surface area contributed by atoms with Gasteiger partial charge in [0.25, 0.3) is 0 Å². The highest BCUT2D eigenvalue weighted by molar-refractivity contribution is 5.93. The SMILES string of the molecule is CC(=O)O[C@@H]1C[C@H](C[C@H](C)O)CC#C[C@H]2C[C@@H]3c4c(ccc(O)c4OC[C@H]3C3(CO)CCCC3)[C@H]2C2(CCNCC2)[C@@H]2OC(=O)[C@]34CCCC[C@H]3C[C@@]3(CCC[C@H]3CC[C@@H]21)C(=O)N4. The summed E-state index contributed by atoms with van der Waals surface area (Å²) >= 11 is 0. The molecule has 1 aromatic rings. The summed E-state index contributed by atoms with van der Waals surface area (Å²) in [5.74, 6) is 6.88. The molecule has 3 spiro atoms. The number of carbonyl (C=O) groups is 3. The molecular formula is C52H72N2O9. The van der Waals surface area contributed by atoms with E-state index in [0.717, 1.165) is 88.2 Å². The topological polar surface area (TPSA) is 164 Å². The molecule has 11 nitrogen and oxygen atoms in total. The molecule has 11 rings (SSSR count). The number of hydrogen-bond acceptors (Lipinski definition) is 10. The lowest BCUT2D eigenvalue weighted by Gasteiger charge is -2.57. The number of ether oxygens (including phenoxy) is 3. The van der Waals surface area contributed by atoms with Gasteiger partial charge in [-0.2, -0.15) is 0 Å². The quantitative estimate of drug-likeness (QED) is 0.151. The minimum Gasteiger partial charge on any atom is -0.504 e. The molecule has 5 N–H and O–H groups in total. The van der Waals surface area contributed by atoms with Crippen LogP contribution in [0.3, 0.4) is 0 Å². The molecular weight excluding hydrogens is 797 g/mol. The Hall–Kier alpha value is -3.33. The largest absolute Gasteiger partial charge is 0.504 e. The van der Waals surface area contributed by atoms with Gasteiger partial charge in [0.05, 0.1) is 18.1 Å². The third kappa shape index (κ3) is 7.12. The van der Waals surface area contributed by atoms with Crippen molar-refractivity contribution in [3.05, 3.63) is 23.3 Å². The number of piperidine rings is 2. The van der Waals surface area contributed by atoms with E-state index in [-0.39, 0.29) is 83.0 Å². The molecule has 4 saturated heterocycles. The van der Waals surface area contributed by atoms with E-state index in [1.807, 2.05) is 6.92 Å². The molecule has 0 aromatic heterocycles. The Kier molecular flexibility index (Phi) is 11.6. The standard InChI is InChI=1S/C52H72N2O9/c1-31(56)25-33-9-7-10-34-27-39-40(49(30-55)17-5-6-18-49)29-61-45-41(58)16-15-38(43(39)45)44(34)50(21-23-53-24-22-50)46-37(42(26-33)62-32(2)57)14-13-35-12-8-19-51(35)28-36-11-3-4-20-52(36,48(60)63-46)54-47(51)59/h15-16,31,33-37,39-40,42,44,46,53,55-56,58H,3-6,8-9,11-14,17-30H2,1-2H3,(H,54,59)/t31-,33-,34-,35-,36-,37+,39-,40+,42+,44-,46+,51+,52-/m0/s1. The van der Waals surface area contributed by atoms with Crippen LogP contribution in [-0.2, 0) is 23.9 Å². The fraction of sp³-hybridized carbons (Fsp3) is 0.788. The minimum atomic E-state index is -1.12. The first-order valence-electron chi connectivity index (χ1n) is 25.1. The first kappa shape index (κ1) is 43.6. The van der Waals surface area contributed by atoms with E-state index in [1.165, 1.54) is 6.92 Å². The molecule has 10 aliphatic rings. The number of aliphatic hydroxyl groups is 2. The zero-order valence-corrected chi connectivity index (χ0v) is 37.8. The Bertz CT molecular complexity index is 1990. The lowest BCUT2D eigenvalue weighted by atomic mass is 9.50. The Morgan fingerprint density at radius 2 is 1.75 bits per heavy atom. The maximum absolute atomic E-state index is 15.8. The Morgan fingerprint density at radius 3 is 2.51 bits per heavy atom. The molecule has 63 heavy (non-hydrogen) atoms. The summed E-state index contributed by atoms with van der Waals surface area (Å²) in [6.45, 7) is 5.21. The van der Waals surface area contributed by atoms with Gasteiger partial charge in [-0.15, -0.1) is 5.92 Å². The number of rotatable bonds is 5. The van der Waals surface area contributed by atoms with E-state index in [2.05, 4.69) is 28.5 Å². The second-order valence-electron chi connectivity index (χ2n) is 22.2. The molecule has 5 heterocycles. The smallest absolute Gasteiger partial charge is 0.332 e. The van der Waals surface area contributed by atoms with Crippen molar-refractivity contribution < 1.29 is 43.9 Å². The first-order valence-corrected chi connectivity index (χ1v) is 25.1. The molecule has 2 bridgehead atoms. The van der Waals surface area contributed by atoms with Gasteiger partial charge in [0.2, 0.25) is 5.91 Å². The summed E-state index contributed by atoms with van der Waals surface area (Å²) in [7, 11) is 0. The van der Waals surface area contributed by atoms with Crippen LogP contribution in [0.5, 0.6) is 11.5 Å². The average Bonchev–Trinajstić information content (AvgIpc) is 3.92. The fourth-order valence-corrected chi connectivity index (χ4v) is 16.4. The van der Waals surface area contributed by atoms with E-state index in [0.29, 0.717) is 76.8 Å². The Morgan fingerprint density at radius 1 is 0.968 bits per heavy atom. The zero-order chi connectivity index (χ0) is 43.7. The van der Waals surface area contributed by atoms with Crippen LogP contribution in [0.2, 0.25) is 0 Å². The third-order valence-electron chi connectivity index (χ3n) is 19.1. The van der Waals surface area contributed by atoms with Crippen LogP contribution in [0, 0.1) is 63.6 Å². The van der Waals surface area contributed by atoms with Gasteiger partial charge < -0.3 is 40.2 Å². The minimum absolute atomic E-state index is 0.000387. The second-order valence-corrected chi connectivity index (χ2v) is 22.2. The molecule has 0 radical (unpaired) electrons. The number of aromatic hydroxyl groups is 1. The fourth-order valence-electron chi connectivity index (χ4n) is 16.4. The number of fused-ring (bicyclic) bond motifs is 6. The normalized spacial score (nSPS) is 40.6. The van der Waals surface area contributed by atoms with Crippen LogP contribution < -0.4 is 15.4 Å². The Balaban J connectivity index is 1.20. The highest BCUT2D eigenvalue weighted by atomic mass is 16.6. The predicted molar refractivity (Wildman–Crippen MR) is 235 cm³/mol. The second kappa shape index (κ2) is 16.8. The number of amides is 1. The number of esters is 2. The summed E-state index contributed by atoms with van der Waals surface area (Å²) in [5, 5.41) is 40.8. The average molecular weight is 869 g/mol. The van der Waals surface area contributed by atoms with Crippen LogP contribution in [-0.4, -0.2) is 83.3 Å². The number of phenols is 1. The molecule has 0 unspecified atom stereocenters. The van der Waals surface area contributed by atoms with Crippen molar-refractivity contribution in [2.45, 2.75) is 178 Å². The number of nitrogens with one attached hydrogen (secondary N) is 2. The molecule has 3 saturated carbocycles. The van der Waals surface area contributed by atoms with Gasteiger partial charge in [-0.25, -0.2) is 4.79 Å². The summed E-state index contributed by atoms with van der Waals surface area (Å²) < 4.78 is 20.7. The van der Waals surface area contributed by atoms with Crippen molar-refractivity contribution in [1.29, 1.82) is 0 Å². The van der Waals surface area contributed by atoms with Crippen LogP contribution in [0.25, 0.3) is 0 Å². The zero-order valence-electron chi connectivity index (χ0n) is 37.8. The summed E-state index contributed by atoms with van der Waals surface area (Å²) in [5.41, 5.74) is -0.498. The monoisotopic (exact) mass is 869 g/mol. The van der Waals surface area contributed by atoms with Crippen molar-refractivity contribution >= 4 is 17.8 Å². The van der Waals surface area contributed by atoms with E-state index in [9.17, 15) is 24.9 Å². The predicted octanol–water partition coefficient (Wildman–Crippen LogP) is 7.18. The lowest BCUT2D eigenvalue weighted by Crippen LogP contribution is -2.69. The highest BCUT2D eigenvalue weighted by Gasteiger charge is 2.65. The Labute approximate surface area is 373 Å². The molecule has 13 atom stereocenters. The van der Waals surface area contributed by atoms with Crippen molar-refractivity contribution in [3.63, 3.8) is 0 Å². The first-order chi connectivity index (χ1) is 30.4. The maximum Gasteiger partial charge on any atom is 0.332 e. The molecule has 5 aliphatic heterocycles. The van der Waals surface area contributed by atoms with Crippen molar-refractivity contribution in [3.8, 4) is 23.3 Å². The van der Waals surface area contributed by atoms with Gasteiger partial charge in [0, 0.05) is 60.0 Å². The van der Waals surface area contributed by atoms with Gasteiger partial charge in [-0.05, 0) is 145 Å². The van der Waals surface area contributed by atoms with Crippen molar-refractivity contribution in [2.75, 3.05) is 26.3 Å². The van der Waals surface area contributed by atoms with Crippen LogP contribution >= 0.6 is 0 Å². The van der Waals surface area contributed by atoms with Crippen LogP contribution in [0.15, 0.2) is 12.1 Å². The van der Waals surface area contributed by atoms with Crippen molar-refractivity contribution in [1.82, 2.24) is 10.6 Å². The summed E-state index contributed by atoms with van der Waals surface area (Å²) in [6, 6.07) is 3.87. The van der Waals surface area contributed by atoms with Gasteiger partial charge in [-0.1, -0.05) is 44.1 Å². The van der Waals surface area contributed by atoms with Crippen molar-refractivity contribution in [2.24, 2.45) is 51.8 Å². The number of phenolic OH excluding ortho intramolecular Hbond substituents is 1. The molecule has 5 aliphatic carbocycles. The third-order valence-corrected chi connectivity index (χ3v) is 19.1. The summed E-state index contributed by atoms with van der Waals surface area (Å²) in [4.78, 5) is 44.0. The van der Waals surface area contributed by atoms with E-state index in [4.69, 9.17) is 14.2 Å². The molecule has 7 fully saturated rings. The maximum atomic E-state index is 15.8. The van der Waals surface area contributed by atoms with Gasteiger partial charge in [-0.3, -0.25) is 9.59 Å². The van der Waals surface area contributed by atoms with Crippen LogP contribution in [0.1, 0.15) is 165 Å². The molecule has 1 aromatic carbocycles. The number of hydrogen-bond donors (Lipinski definition) is 5. The van der Waals surface area contributed by atoms with E-state index < -0.39 is 34.7 Å². The lowest BCUT2D eigenvalue weighted by molar-refractivity contribution is -0.192. The van der Waals surface area contributed by atoms with Gasteiger partial charge in [0.15, 0.2) is 11.5 Å². The van der Waals surface area contributed by atoms with Gasteiger partial charge in [0.1, 0.15) is 17.7 Å². The molecule has 11 heteroatoms. The number of benzene rings is 1. The van der Waals surface area contributed by atoms with Gasteiger partial charge >= 0.3 is 11.9 Å².